The van der Waals surface area contributed by atoms with Gasteiger partial charge in [0.25, 0.3) is 0 Å². The van der Waals surface area contributed by atoms with Gasteiger partial charge in [0.15, 0.2) is 11.5 Å². The summed E-state index contributed by atoms with van der Waals surface area (Å²) in [6.45, 7) is 3.25. The van der Waals surface area contributed by atoms with Gasteiger partial charge in [-0.1, -0.05) is 28.4 Å². The lowest BCUT2D eigenvalue weighted by Gasteiger charge is -2.05. The molecule has 0 N–H and O–H groups in total. The lowest BCUT2D eigenvalue weighted by atomic mass is 10.1. The Morgan fingerprint density at radius 1 is 1.04 bits per heavy atom. The summed E-state index contributed by atoms with van der Waals surface area (Å²) >= 11 is 12.0. The van der Waals surface area contributed by atoms with Crippen LogP contribution in [-0.2, 0) is 0 Å². The molecular formula is C18H13Cl2N3O2. The largest absolute Gasteiger partial charge is 0.295 e. The molecule has 0 saturated heterocycles. The monoisotopic (exact) mass is 373 g/mol. The molecule has 3 aromatic rings. The first-order valence-corrected chi connectivity index (χ1v) is 8.17. The van der Waals surface area contributed by atoms with Crippen molar-refractivity contribution in [1.29, 1.82) is 0 Å². The number of rotatable bonds is 4. The van der Waals surface area contributed by atoms with Crippen molar-refractivity contribution < 1.29 is 9.59 Å². The molecule has 25 heavy (non-hydrogen) atoms. The van der Waals surface area contributed by atoms with Crippen molar-refractivity contribution in [2.24, 2.45) is 0 Å². The average Bonchev–Trinajstić information content (AvgIpc) is 2.96. The van der Waals surface area contributed by atoms with Gasteiger partial charge in [0.2, 0.25) is 5.78 Å². The fourth-order valence-electron chi connectivity index (χ4n) is 2.42. The van der Waals surface area contributed by atoms with Gasteiger partial charge >= 0.3 is 0 Å². The topological polar surface area (TPSA) is 64.8 Å². The highest BCUT2D eigenvalue weighted by atomic mass is 35.5. The van der Waals surface area contributed by atoms with Crippen LogP contribution in [-0.4, -0.2) is 26.6 Å². The van der Waals surface area contributed by atoms with Crippen molar-refractivity contribution in [2.45, 2.75) is 13.8 Å². The standard InChI is InChI=1S/C18H13Cl2N3O2/c1-10-17(18(25)15-8-5-13(19)9-16(15)20)21-22-23(10)14-6-3-12(4-7-14)11(2)24/h3-9H,1-2H3. The van der Waals surface area contributed by atoms with Crippen LogP contribution in [0.5, 0.6) is 0 Å². The van der Waals surface area contributed by atoms with Crippen LogP contribution in [0.4, 0.5) is 0 Å². The van der Waals surface area contributed by atoms with Crippen LogP contribution in [0.1, 0.15) is 39.0 Å². The van der Waals surface area contributed by atoms with E-state index in [-0.39, 0.29) is 22.3 Å². The molecule has 0 amide bonds. The fraction of sp³-hybridized carbons (Fsp3) is 0.111. The van der Waals surface area contributed by atoms with E-state index in [2.05, 4.69) is 10.3 Å². The van der Waals surface area contributed by atoms with Crippen molar-refractivity contribution >= 4 is 34.8 Å². The molecule has 0 radical (unpaired) electrons. The van der Waals surface area contributed by atoms with Crippen LogP contribution >= 0.6 is 23.2 Å². The highest BCUT2D eigenvalue weighted by Gasteiger charge is 2.21. The molecule has 0 atom stereocenters. The average molecular weight is 374 g/mol. The fourth-order valence-corrected chi connectivity index (χ4v) is 2.92. The smallest absolute Gasteiger partial charge is 0.216 e. The number of benzene rings is 2. The van der Waals surface area contributed by atoms with Crippen LogP contribution in [0, 0.1) is 6.92 Å². The second-order valence-electron chi connectivity index (χ2n) is 5.49. The van der Waals surface area contributed by atoms with Crippen molar-refractivity contribution in [3.8, 4) is 5.69 Å². The van der Waals surface area contributed by atoms with Gasteiger partial charge in [0.1, 0.15) is 0 Å². The maximum absolute atomic E-state index is 12.7. The predicted octanol–water partition coefficient (Wildman–Crippen LogP) is 4.32. The number of halogens is 2. The normalized spacial score (nSPS) is 10.7. The van der Waals surface area contributed by atoms with E-state index in [0.717, 1.165) is 0 Å². The van der Waals surface area contributed by atoms with E-state index in [9.17, 15) is 9.59 Å². The highest BCUT2D eigenvalue weighted by molar-refractivity contribution is 6.37. The van der Waals surface area contributed by atoms with E-state index < -0.39 is 0 Å². The van der Waals surface area contributed by atoms with Gasteiger partial charge in [-0.3, -0.25) is 9.59 Å². The molecule has 0 aliphatic rings. The third-order valence-corrected chi connectivity index (χ3v) is 4.35. The summed E-state index contributed by atoms with van der Waals surface area (Å²) < 4.78 is 1.54. The number of ketones is 2. The third-order valence-electron chi connectivity index (χ3n) is 3.80. The first-order chi connectivity index (χ1) is 11.9. The van der Waals surface area contributed by atoms with E-state index in [4.69, 9.17) is 23.2 Å². The predicted molar refractivity (Wildman–Crippen MR) is 96.0 cm³/mol. The van der Waals surface area contributed by atoms with E-state index in [1.54, 1.807) is 48.0 Å². The Morgan fingerprint density at radius 3 is 2.32 bits per heavy atom. The van der Waals surface area contributed by atoms with Crippen molar-refractivity contribution in [3.63, 3.8) is 0 Å². The van der Waals surface area contributed by atoms with Crippen molar-refractivity contribution in [3.05, 3.63) is 75.0 Å². The Labute approximate surface area is 154 Å². The molecule has 5 nitrogen and oxygen atoms in total. The summed E-state index contributed by atoms with van der Waals surface area (Å²) in [4.78, 5) is 24.1. The lowest BCUT2D eigenvalue weighted by molar-refractivity contribution is 0.101. The number of hydrogen-bond donors (Lipinski definition) is 0. The van der Waals surface area contributed by atoms with Gasteiger partial charge in [0.05, 0.1) is 16.4 Å². The Balaban J connectivity index is 1.98. The second-order valence-corrected chi connectivity index (χ2v) is 6.34. The Kier molecular flexibility index (Phi) is 4.70. The minimum absolute atomic E-state index is 0.0184. The molecule has 2 aromatic carbocycles. The number of hydrogen-bond acceptors (Lipinski definition) is 4. The molecule has 0 fully saturated rings. The van der Waals surface area contributed by atoms with Crippen LogP contribution in [0.15, 0.2) is 42.5 Å². The Bertz CT molecular complexity index is 978. The zero-order chi connectivity index (χ0) is 18.1. The summed E-state index contributed by atoms with van der Waals surface area (Å²) in [6, 6.07) is 11.6. The van der Waals surface area contributed by atoms with E-state index in [0.29, 0.717) is 27.5 Å². The number of nitrogens with zero attached hydrogens (tertiary/aromatic N) is 3. The molecule has 1 aromatic heterocycles. The zero-order valence-corrected chi connectivity index (χ0v) is 15.0. The first-order valence-electron chi connectivity index (χ1n) is 7.42. The van der Waals surface area contributed by atoms with Crippen LogP contribution < -0.4 is 0 Å². The molecule has 0 unspecified atom stereocenters. The SMILES string of the molecule is CC(=O)c1ccc(-n2nnc(C(=O)c3ccc(Cl)cc3Cl)c2C)cc1. The second kappa shape index (κ2) is 6.78. The lowest BCUT2D eigenvalue weighted by Crippen LogP contribution is -2.06. The Morgan fingerprint density at radius 2 is 1.72 bits per heavy atom. The molecule has 3 rings (SSSR count). The van der Waals surface area contributed by atoms with Crippen LogP contribution in [0.25, 0.3) is 5.69 Å². The van der Waals surface area contributed by atoms with Gasteiger partial charge in [-0.2, -0.15) is 0 Å². The van der Waals surface area contributed by atoms with Crippen molar-refractivity contribution in [2.75, 3.05) is 0 Å². The number of carbonyl (C=O) groups excluding carboxylic acids is 2. The maximum atomic E-state index is 12.7. The molecule has 0 aliphatic heterocycles. The van der Waals surface area contributed by atoms with E-state index in [1.807, 2.05) is 0 Å². The highest BCUT2D eigenvalue weighted by Crippen LogP contribution is 2.24. The van der Waals surface area contributed by atoms with E-state index in [1.165, 1.54) is 13.0 Å². The molecule has 126 valence electrons. The van der Waals surface area contributed by atoms with Crippen LogP contribution in [0.3, 0.4) is 0 Å². The van der Waals surface area contributed by atoms with Gasteiger partial charge < -0.3 is 0 Å². The molecular weight excluding hydrogens is 361 g/mol. The summed E-state index contributed by atoms with van der Waals surface area (Å²) in [6.07, 6.45) is 0. The zero-order valence-electron chi connectivity index (χ0n) is 13.5. The third kappa shape index (κ3) is 3.34. The maximum Gasteiger partial charge on any atom is 0.216 e. The summed E-state index contributed by atoms with van der Waals surface area (Å²) in [5, 5.41) is 8.75. The van der Waals surface area contributed by atoms with Gasteiger partial charge in [-0.05, 0) is 56.3 Å². The quantitative estimate of drug-likeness (QED) is 0.638. The van der Waals surface area contributed by atoms with E-state index >= 15 is 0 Å². The number of carbonyl (C=O) groups is 2. The molecule has 0 aliphatic carbocycles. The summed E-state index contributed by atoms with van der Waals surface area (Å²) in [7, 11) is 0. The number of aromatic nitrogens is 3. The Hall–Kier alpha value is -2.50. The molecule has 0 bridgehead atoms. The van der Waals surface area contributed by atoms with Gasteiger partial charge in [-0.25, -0.2) is 4.68 Å². The summed E-state index contributed by atoms with van der Waals surface area (Å²) in [5.74, 6) is -0.346. The molecule has 1 heterocycles. The minimum atomic E-state index is -0.328. The molecule has 0 spiro atoms. The minimum Gasteiger partial charge on any atom is -0.295 e. The molecule has 0 saturated carbocycles. The van der Waals surface area contributed by atoms with Crippen molar-refractivity contribution in [1.82, 2.24) is 15.0 Å². The van der Waals surface area contributed by atoms with Crippen LogP contribution in [0.2, 0.25) is 10.0 Å². The van der Waals surface area contributed by atoms with Gasteiger partial charge in [0, 0.05) is 16.1 Å². The number of Topliss-reactive ketones (excluding diaryl/α,β-unsaturated/α-hetero) is 1. The van der Waals surface area contributed by atoms with Gasteiger partial charge in [-0.15, -0.1) is 5.10 Å². The summed E-state index contributed by atoms with van der Waals surface area (Å²) in [5.41, 5.74) is 2.40. The first kappa shape index (κ1) is 17.3. The molecule has 7 heteroatoms.